The molecule has 0 aliphatic rings. The number of rotatable bonds is 3. The fraction of sp³-hybridized carbons (Fsp3) is 0.0769. The molecule has 19 heavy (non-hydrogen) atoms. The van der Waals surface area contributed by atoms with Gasteiger partial charge in [-0.1, -0.05) is 11.6 Å². The third-order valence-electron chi connectivity index (χ3n) is 2.39. The Bertz CT molecular complexity index is 602. The number of carbonyl (C=O) groups excluding carboxylic acids is 1. The van der Waals surface area contributed by atoms with Crippen LogP contribution in [0.2, 0.25) is 5.02 Å². The van der Waals surface area contributed by atoms with E-state index in [9.17, 15) is 4.79 Å². The molecule has 1 amide bonds. The molecule has 1 aromatic heterocycles. The lowest BCUT2D eigenvalue weighted by Gasteiger charge is -2.09. The fourth-order valence-electron chi connectivity index (χ4n) is 1.51. The van der Waals surface area contributed by atoms with Crippen molar-refractivity contribution in [3.05, 3.63) is 51.7 Å². The van der Waals surface area contributed by atoms with Crippen LogP contribution in [0.3, 0.4) is 0 Å². The van der Waals surface area contributed by atoms with Gasteiger partial charge in [0.2, 0.25) is 0 Å². The molecule has 0 saturated heterocycles. The molecule has 2 aromatic rings. The van der Waals surface area contributed by atoms with E-state index in [-0.39, 0.29) is 5.91 Å². The van der Waals surface area contributed by atoms with Crippen molar-refractivity contribution in [3.63, 3.8) is 0 Å². The lowest BCUT2D eigenvalue weighted by molar-refractivity contribution is 0.102. The van der Waals surface area contributed by atoms with Gasteiger partial charge in [0, 0.05) is 5.02 Å². The number of carbonyl (C=O) groups is 1. The molecule has 6 heteroatoms. The van der Waals surface area contributed by atoms with Crippen molar-refractivity contribution in [1.29, 1.82) is 0 Å². The molecule has 2 rings (SSSR count). The zero-order valence-electron chi connectivity index (χ0n) is 9.98. The van der Waals surface area contributed by atoms with Crippen LogP contribution in [0.25, 0.3) is 0 Å². The van der Waals surface area contributed by atoms with Crippen molar-refractivity contribution in [3.8, 4) is 5.75 Å². The monoisotopic (exact) mass is 340 g/mol. The summed E-state index contributed by atoms with van der Waals surface area (Å²) in [4.78, 5) is 16.2. The first-order valence-corrected chi connectivity index (χ1v) is 6.53. The van der Waals surface area contributed by atoms with Gasteiger partial charge in [0.25, 0.3) is 5.91 Å². The van der Waals surface area contributed by atoms with E-state index in [1.165, 1.54) is 7.11 Å². The molecule has 0 atom stereocenters. The molecule has 0 saturated carbocycles. The molecule has 4 nitrogen and oxygen atoms in total. The number of halogens is 2. The van der Waals surface area contributed by atoms with E-state index in [2.05, 4.69) is 26.2 Å². The third-order valence-corrected chi connectivity index (χ3v) is 3.10. The van der Waals surface area contributed by atoms with Crippen LogP contribution in [0, 0.1) is 0 Å². The van der Waals surface area contributed by atoms with Crippen LogP contribution >= 0.6 is 27.5 Å². The Morgan fingerprint density at radius 1 is 1.37 bits per heavy atom. The van der Waals surface area contributed by atoms with Gasteiger partial charge in [-0.05, 0) is 46.3 Å². The summed E-state index contributed by atoms with van der Waals surface area (Å²) in [7, 11) is 1.50. The Kier molecular flexibility index (Phi) is 4.39. The van der Waals surface area contributed by atoms with Crippen molar-refractivity contribution in [2.45, 2.75) is 0 Å². The third kappa shape index (κ3) is 3.45. The summed E-state index contributed by atoms with van der Waals surface area (Å²) in [5.74, 6) is 0.162. The van der Waals surface area contributed by atoms with Gasteiger partial charge in [-0.2, -0.15) is 0 Å². The molecule has 0 unspecified atom stereocenters. The number of benzene rings is 1. The zero-order chi connectivity index (χ0) is 13.8. The van der Waals surface area contributed by atoms with E-state index in [1.54, 1.807) is 36.5 Å². The van der Waals surface area contributed by atoms with Crippen LogP contribution in [0.5, 0.6) is 5.75 Å². The predicted octanol–water partition coefficient (Wildman–Crippen LogP) is 3.76. The van der Waals surface area contributed by atoms with Gasteiger partial charge in [0.05, 0.1) is 24.6 Å². The number of amides is 1. The summed E-state index contributed by atoms with van der Waals surface area (Å²) in [5, 5.41) is 3.20. The Labute approximate surface area is 123 Å². The maximum Gasteiger partial charge on any atom is 0.259 e. The van der Waals surface area contributed by atoms with Crippen molar-refractivity contribution < 1.29 is 9.53 Å². The Hall–Kier alpha value is -1.59. The summed E-state index contributed by atoms with van der Waals surface area (Å²) in [6.07, 6.45) is 1.55. The SMILES string of the molecule is COc1ccc(Cl)cc1C(=O)Nc1ccc(Br)nc1. The highest BCUT2D eigenvalue weighted by molar-refractivity contribution is 9.10. The van der Waals surface area contributed by atoms with Crippen molar-refractivity contribution >= 4 is 39.1 Å². The molecule has 1 heterocycles. The van der Waals surface area contributed by atoms with E-state index < -0.39 is 0 Å². The smallest absolute Gasteiger partial charge is 0.259 e. The summed E-state index contributed by atoms with van der Waals surface area (Å²) >= 11 is 9.12. The largest absolute Gasteiger partial charge is 0.496 e. The summed E-state index contributed by atoms with van der Waals surface area (Å²) in [6.45, 7) is 0. The van der Waals surface area contributed by atoms with E-state index in [1.807, 2.05) is 0 Å². The molecule has 0 radical (unpaired) electrons. The average Bonchev–Trinajstić information content (AvgIpc) is 2.41. The Morgan fingerprint density at radius 3 is 2.79 bits per heavy atom. The molecule has 0 bridgehead atoms. The maximum atomic E-state index is 12.1. The first-order valence-electron chi connectivity index (χ1n) is 5.36. The lowest BCUT2D eigenvalue weighted by atomic mass is 10.2. The second-order valence-corrected chi connectivity index (χ2v) is 4.92. The van der Waals surface area contributed by atoms with Gasteiger partial charge in [0.15, 0.2) is 0 Å². The van der Waals surface area contributed by atoms with Gasteiger partial charge in [-0.3, -0.25) is 4.79 Å². The van der Waals surface area contributed by atoms with E-state index in [0.717, 1.165) is 0 Å². The van der Waals surface area contributed by atoms with Gasteiger partial charge in [0.1, 0.15) is 10.4 Å². The maximum absolute atomic E-state index is 12.1. The van der Waals surface area contributed by atoms with E-state index in [4.69, 9.17) is 16.3 Å². The van der Waals surface area contributed by atoms with Gasteiger partial charge < -0.3 is 10.1 Å². The number of hydrogen-bond acceptors (Lipinski definition) is 3. The number of pyridine rings is 1. The van der Waals surface area contributed by atoms with Crippen molar-refractivity contribution in [2.24, 2.45) is 0 Å². The normalized spacial score (nSPS) is 10.1. The first kappa shape index (κ1) is 13.8. The standard InChI is InChI=1S/C13H10BrClN2O2/c1-19-11-4-2-8(15)6-10(11)13(18)17-9-3-5-12(14)16-7-9/h2-7H,1H3,(H,17,18). The van der Waals surface area contributed by atoms with Crippen molar-refractivity contribution in [1.82, 2.24) is 4.98 Å². The van der Waals surface area contributed by atoms with Crippen LogP contribution in [-0.4, -0.2) is 18.0 Å². The fourth-order valence-corrected chi connectivity index (χ4v) is 1.91. The minimum Gasteiger partial charge on any atom is -0.496 e. The summed E-state index contributed by atoms with van der Waals surface area (Å²) in [6, 6.07) is 8.36. The van der Waals surface area contributed by atoms with E-state index >= 15 is 0 Å². The molecule has 0 aliphatic carbocycles. The van der Waals surface area contributed by atoms with E-state index in [0.29, 0.717) is 26.6 Å². The molecule has 98 valence electrons. The highest BCUT2D eigenvalue weighted by Gasteiger charge is 2.13. The highest BCUT2D eigenvalue weighted by Crippen LogP contribution is 2.23. The second kappa shape index (κ2) is 6.04. The summed E-state index contributed by atoms with van der Waals surface area (Å²) < 4.78 is 5.84. The lowest BCUT2D eigenvalue weighted by Crippen LogP contribution is -2.13. The molecular weight excluding hydrogens is 332 g/mol. The highest BCUT2D eigenvalue weighted by atomic mass is 79.9. The molecule has 0 aliphatic heterocycles. The topological polar surface area (TPSA) is 51.2 Å². The zero-order valence-corrected chi connectivity index (χ0v) is 12.3. The second-order valence-electron chi connectivity index (χ2n) is 3.67. The minimum absolute atomic E-state index is 0.302. The molecule has 1 N–H and O–H groups in total. The number of hydrogen-bond donors (Lipinski definition) is 1. The molecule has 0 spiro atoms. The van der Waals surface area contributed by atoms with Crippen LogP contribution in [0.4, 0.5) is 5.69 Å². The molecule has 1 aromatic carbocycles. The Morgan fingerprint density at radius 2 is 2.16 bits per heavy atom. The number of aromatic nitrogens is 1. The summed E-state index contributed by atoms with van der Waals surface area (Å²) in [5.41, 5.74) is 0.966. The predicted molar refractivity (Wildman–Crippen MR) is 77.9 cm³/mol. The van der Waals surface area contributed by atoms with Crippen LogP contribution < -0.4 is 10.1 Å². The van der Waals surface area contributed by atoms with Crippen LogP contribution in [0.15, 0.2) is 41.1 Å². The first-order chi connectivity index (χ1) is 9.10. The number of methoxy groups -OCH3 is 1. The number of ether oxygens (including phenoxy) is 1. The van der Waals surface area contributed by atoms with Gasteiger partial charge in [-0.25, -0.2) is 4.98 Å². The van der Waals surface area contributed by atoms with Gasteiger partial charge >= 0.3 is 0 Å². The number of nitrogens with one attached hydrogen (secondary N) is 1. The molecular formula is C13H10BrClN2O2. The van der Waals surface area contributed by atoms with Crippen LogP contribution in [0.1, 0.15) is 10.4 Å². The average molecular weight is 342 g/mol. The number of anilines is 1. The van der Waals surface area contributed by atoms with Gasteiger partial charge in [-0.15, -0.1) is 0 Å². The van der Waals surface area contributed by atoms with Crippen LogP contribution in [-0.2, 0) is 0 Å². The Balaban J connectivity index is 2.24. The number of nitrogens with zero attached hydrogens (tertiary/aromatic N) is 1. The van der Waals surface area contributed by atoms with Crippen molar-refractivity contribution in [2.75, 3.05) is 12.4 Å². The molecule has 0 fully saturated rings. The quantitative estimate of drug-likeness (QED) is 0.865. The minimum atomic E-state index is -0.302.